The highest BCUT2D eigenvalue weighted by Gasteiger charge is 2.16. The van der Waals surface area contributed by atoms with Gasteiger partial charge in [0.25, 0.3) is 0 Å². The molecule has 92 valence electrons. The van der Waals surface area contributed by atoms with Crippen molar-refractivity contribution in [3.63, 3.8) is 0 Å². The van der Waals surface area contributed by atoms with Crippen molar-refractivity contribution < 1.29 is 14.2 Å². The van der Waals surface area contributed by atoms with Crippen LogP contribution in [0.4, 0.5) is 5.69 Å². The van der Waals surface area contributed by atoms with Crippen LogP contribution in [-0.2, 0) is 6.54 Å². The summed E-state index contributed by atoms with van der Waals surface area (Å²) in [6, 6.07) is 10.7. The van der Waals surface area contributed by atoms with Crippen LogP contribution in [0, 0.1) is 10.1 Å². The molecule has 2 rings (SSSR count). The Balaban J connectivity index is 2.30. The zero-order valence-electron chi connectivity index (χ0n) is 9.95. The van der Waals surface area contributed by atoms with Gasteiger partial charge in [-0.25, -0.2) is 4.57 Å². The third kappa shape index (κ3) is 2.63. The van der Waals surface area contributed by atoms with E-state index in [4.69, 9.17) is 4.74 Å². The van der Waals surface area contributed by atoms with E-state index in [2.05, 4.69) is 0 Å². The number of hydrogen-bond donors (Lipinski definition) is 0. The molecular weight excluding hydrogens is 232 g/mol. The number of aromatic nitrogens is 1. The largest absolute Gasteiger partial charge is 0.490 e. The van der Waals surface area contributed by atoms with Gasteiger partial charge in [0.1, 0.15) is 0 Å². The van der Waals surface area contributed by atoms with Crippen LogP contribution in [0.25, 0.3) is 0 Å². The Kier molecular flexibility index (Phi) is 3.52. The third-order valence-corrected chi connectivity index (χ3v) is 2.58. The van der Waals surface area contributed by atoms with Crippen LogP contribution in [0.3, 0.4) is 0 Å². The Morgan fingerprint density at radius 1 is 1.28 bits per heavy atom. The maximum absolute atomic E-state index is 10.9. The molecule has 0 N–H and O–H groups in total. The summed E-state index contributed by atoms with van der Waals surface area (Å²) in [6.07, 6.45) is 3.83. The third-order valence-electron chi connectivity index (χ3n) is 2.58. The fraction of sp³-hybridized carbons (Fsp3) is 0.154. The molecule has 0 fully saturated rings. The van der Waals surface area contributed by atoms with Crippen molar-refractivity contribution in [1.82, 2.24) is 0 Å². The van der Waals surface area contributed by atoms with E-state index in [1.165, 1.54) is 7.11 Å². The van der Waals surface area contributed by atoms with Crippen molar-refractivity contribution in [1.29, 1.82) is 0 Å². The summed E-state index contributed by atoms with van der Waals surface area (Å²) in [7, 11) is 1.42. The minimum atomic E-state index is -0.433. The summed E-state index contributed by atoms with van der Waals surface area (Å²) in [5.41, 5.74) is 0.852. The predicted octanol–water partition coefficient (Wildman–Crippen LogP) is 1.94. The van der Waals surface area contributed by atoms with E-state index in [0.717, 1.165) is 5.56 Å². The molecule has 1 heterocycles. The molecule has 0 atom stereocenters. The van der Waals surface area contributed by atoms with Crippen LogP contribution in [0.15, 0.2) is 48.8 Å². The van der Waals surface area contributed by atoms with Gasteiger partial charge < -0.3 is 4.74 Å². The molecule has 1 aromatic heterocycles. The summed E-state index contributed by atoms with van der Waals surface area (Å²) in [4.78, 5) is 10.5. The maximum atomic E-state index is 10.9. The van der Waals surface area contributed by atoms with E-state index in [0.29, 0.717) is 6.54 Å². The first-order valence-corrected chi connectivity index (χ1v) is 5.46. The summed E-state index contributed by atoms with van der Waals surface area (Å²) < 4.78 is 6.91. The Bertz CT molecular complexity index is 555. The molecule has 0 saturated heterocycles. The molecule has 0 unspecified atom stereocenters. The number of benzene rings is 1. The molecule has 5 nitrogen and oxygen atoms in total. The van der Waals surface area contributed by atoms with Gasteiger partial charge in [0.15, 0.2) is 24.7 Å². The first kappa shape index (κ1) is 12.0. The fourth-order valence-electron chi connectivity index (χ4n) is 1.73. The van der Waals surface area contributed by atoms with Gasteiger partial charge in [-0.2, -0.15) is 0 Å². The van der Waals surface area contributed by atoms with Crippen LogP contribution in [0.5, 0.6) is 5.75 Å². The molecule has 0 radical (unpaired) electrons. The number of nitro groups is 1. The van der Waals surface area contributed by atoms with Gasteiger partial charge in [-0.1, -0.05) is 6.07 Å². The second-order valence-corrected chi connectivity index (χ2v) is 3.81. The van der Waals surface area contributed by atoms with Gasteiger partial charge in [0.2, 0.25) is 0 Å². The lowest BCUT2D eigenvalue weighted by molar-refractivity contribution is -0.688. The lowest BCUT2D eigenvalue weighted by Gasteiger charge is -2.03. The summed E-state index contributed by atoms with van der Waals surface area (Å²) in [5, 5.41) is 10.9. The van der Waals surface area contributed by atoms with E-state index >= 15 is 0 Å². The lowest BCUT2D eigenvalue weighted by Crippen LogP contribution is -2.32. The molecule has 0 aliphatic heterocycles. The van der Waals surface area contributed by atoms with Gasteiger partial charge in [-0.15, -0.1) is 0 Å². The van der Waals surface area contributed by atoms with Crippen molar-refractivity contribution in [2.24, 2.45) is 0 Å². The quantitative estimate of drug-likeness (QED) is 0.470. The minimum absolute atomic E-state index is 0.00784. The summed E-state index contributed by atoms with van der Waals surface area (Å²) in [6.45, 7) is 0.589. The van der Waals surface area contributed by atoms with Crippen molar-refractivity contribution >= 4 is 5.69 Å². The number of pyridine rings is 1. The molecular formula is C13H13N2O3+. The molecule has 0 aliphatic rings. The maximum Gasteiger partial charge on any atom is 0.311 e. The normalized spacial score (nSPS) is 10.1. The fourth-order valence-corrected chi connectivity index (χ4v) is 1.73. The number of nitrogens with zero attached hydrogens (tertiary/aromatic N) is 2. The van der Waals surface area contributed by atoms with Gasteiger partial charge in [-0.05, 0) is 12.1 Å². The number of rotatable bonds is 4. The Morgan fingerprint density at radius 3 is 2.61 bits per heavy atom. The number of hydrogen-bond acceptors (Lipinski definition) is 3. The van der Waals surface area contributed by atoms with Crippen LogP contribution in [0.2, 0.25) is 0 Å². The highest BCUT2D eigenvalue weighted by Crippen LogP contribution is 2.27. The monoisotopic (exact) mass is 245 g/mol. The smallest absolute Gasteiger partial charge is 0.311 e. The standard InChI is InChI=1S/C13H13N2O3/c1-18-13-6-5-11(9-12(13)15(16)17)10-14-7-3-2-4-8-14/h2-9H,10H2,1H3/q+1. The van der Waals surface area contributed by atoms with Gasteiger partial charge in [0, 0.05) is 23.8 Å². The van der Waals surface area contributed by atoms with Gasteiger partial charge in [0.05, 0.1) is 12.0 Å². The Morgan fingerprint density at radius 2 is 2.00 bits per heavy atom. The first-order chi connectivity index (χ1) is 8.70. The molecule has 18 heavy (non-hydrogen) atoms. The first-order valence-electron chi connectivity index (χ1n) is 5.46. The molecule has 0 saturated carbocycles. The van der Waals surface area contributed by atoms with Crippen molar-refractivity contribution in [2.45, 2.75) is 6.54 Å². The molecule has 5 heteroatoms. The zero-order chi connectivity index (χ0) is 13.0. The Hall–Kier alpha value is -2.43. The SMILES string of the molecule is COc1ccc(C[n+]2ccccc2)cc1[N+](=O)[O-]. The second-order valence-electron chi connectivity index (χ2n) is 3.81. The number of nitro benzene ring substituents is 1. The van der Waals surface area contributed by atoms with Gasteiger partial charge in [-0.3, -0.25) is 10.1 Å². The van der Waals surface area contributed by atoms with Crippen LogP contribution in [-0.4, -0.2) is 12.0 Å². The van der Waals surface area contributed by atoms with E-state index < -0.39 is 4.92 Å². The molecule has 0 spiro atoms. The average molecular weight is 245 g/mol. The summed E-state index contributed by atoms with van der Waals surface area (Å²) in [5.74, 6) is 0.279. The predicted molar refractivity (Wildman–Crippen MR) is 65.4 cm³/mol. The average Bonchev–Trinajstić information content (AvgIpc) is 2.40. The molecule has 2 aromatic rings. The van der Waals surface area contributed by atoms with E-state index in [1.54, 1.807) is 12.1 Å². The molecule has 0 aliphatic carbocycles. The number of ether oxygens (including phenoxy) is 1. The highest BCUT2D eigenvalue weighted by atomic mass is 16.6. The van der Waals surface area contributed by atoms with Crippen molar-refractivity contribution in [2.75, 3.05) is 7.11 Å². The zero-order valence-corrected chi connectivity index (χ0v) is 9.95. The van der Waals surface area contributed by atoms with Crippen LogP contribution in [0.1, 0.15) is 5.56 Å². The molecule has 1 aromatic carbocycles. The van der Waals surface area contributed by atoms with Crippen molar-refractivity contribution in [3.05, 3.63) is 64.5 Å². The van der Waals surface area contributed by atoms with E-state index in [-0.39, 0.29) is 11.4 Å². The van der Waals surface area contributed by atoms with E-state index in [1.807, 2.05) is 41.2 Å². The van der Waals surface area contributed by atoms with Gasteiger partial charge >= 0.3 is 5.69 Å². The number of methoxy groups -OCH3 is 1. The molecule has 0 bridgehead atoms. The van der Waals surface area contributed by atoms with Crippen molar-refractivity contribution in [3.8, 4) is 5.75 Å². The molecule has 0 amide bonds. The lowest BCUT2D eigenvalue weighted by atomic mass is 10.2. The van der Waals surface area contributed by atoms with Crippen LogP contribution < -0.4 is 9.30 Å². The summed E-state index contributed by atoms with van der Waals surface area (Å²) >= 11 is 0. The minimum Gasteiger partial charge on any atom is -0.490 e. The second kappa shape index (κ2) is 5.27. The topological polar surface area (TPSA) is 56.2 Å². The van der Waals surface area contributed by atoms with E-state index in [9.17, 15) is 10.1 Å². The Labute approximate surface area is 104 Å². The highest BCUT2D eigenvalue weighted by molar-refractivity contribution is 5.48. The van der Waals surface area contributed by atoms with Crippen LogP contribution >= 0.6 is 0 Å².